The quantitative estimate of drug-likeness (QED) is 0.525. The number of para-hydroxylation sites is 1. The molecule has 0 aromatic heterocycles. The van der Waals surface area contributed by atoms with Crippen LogP contribution in [0.1, 0.15) is 42.6 Å². The van der Waals surface area contributed by atoms with E-state index in [0.29, 0.717) is 56.3 Å². The third kappa shape index (κ3) is 6.99. The molecule has 208 valence electrons. The molecule has 0 spiro atoms. The first-order valence-corrected chi connectivity index (χ1v) is 13.8. The number of methoxy groups -OCH3 is 1. The molecule has 2 atom stereocenters. The normalized spacial score (nSPS) is 20.4. The van der Waals surface area contributed by atoms with Crippen molar-refractivity contribution in [1.82, 2.24) is 14.7 Å². The van der Waals surface area contributed by atoms with Crippen LogP contribution in [0.5, 0.6) is 11.5 Å². The van der Waals surface area contributed by atoms with Gasteiger partial charge in [-0.15, -0.1) is 0 Å². The SMILES string of the molecule is CCN(CC)C(=O)C[C@@H]1CCN2C[C@@H]1/C=C\COc1ccccc1CN(C(=O)c1ccc(OC)cc1)CC2=O. The van der Waals surface area contributed by atoms with Crippen molar-refractivity contribution in [2.45, 2.75) is 33.2 Å². The van der Waals surface area contributed by atoms with E-state index in [1.807, 2.05) is 54.0 Å². The molecule has 2 aliphatic heterocycles. The summed E-state index contributed by atoms with van der Waals surface area (Å²) >= 11 is 0. The average molecular weight is 534 g/mol. The molecule has 2 aromatic rings. The van der Waals surface area contributed by atoms with E-state index in [2.05, 4.69) is 6.08 Å². The van der Waals surface area contributed by atoms with Crippen LogP contribution in [-0.2, 0) is 16.1 Å². The molecule has 0 unspecified atom stereocenters. The monoisotopic (exact) mass is 533 g/mol. The number of fused-ring (bicyclic) bond motifs is 3. The van der Waals surface area contributed by atoms with Crippen LogP contribution in [0.3, 0.4) is 0 Å². The number of nitrogens with zero attached hydrogens (tertiary/aromatic N) is 3. The number of piperidine rings is 1. The summed E-state index contributed by atoms with van der Waals surface area (Å²) in [4.78, 5) is 45.4. The maximum absolute atomic E-state index is 13.6. The van der Waals surface area contributed by atoms with Crippen molar-refractivity contribution in [1.29, 1.82) is 0 Å². The van der Waals surface area contributed by atoms with Crippen LogP contribution in [0, 0.1) is 11.8 Å². The summed E-state index contributed by atoms with van der Waals surface area (Å²) in [6.07, 6.45) is 5.29. The fourth-order valence-corrected chi connectivity index (χ4v) is 5.39. The minimum Gasteiger partial charge on any atom is -0.497 e. The van der Waals surface area contributed by atoms with Gasteiger partial charge in [-0.2, -0.15) is 0 Å². The van der Waals surface area contributed by atoms with Gasteiger partial charge in [0.25, 0.3) is 5.91 Å². The zero-order chi connectivity index (χ0) is 27.8. The van der Waals surface area contributed by atoms with Gasteiger partial charge in [0.2, 0.25) is 11.8 Å². The number of rotatable bonds is 6. The summed E-state index contributed by atoms with van der Waals surface area (Å²) in [5.74, 6) is 1.35. The lowest BCUT2D eigenvalue weighted by Crippen LogP contribution is -2.48. The predicted octanol–water partition coefficient (Wildman–Crippen LogP) is 4.01. The number of carbonyl (C=O) groups excluding carboxylic acids is 3. The molecule has 8 nitrogen and oxygen atoms in total. The molecule has 0 saturated carbocycles. The van der Waals surface area contributed by atoms with Gasteiger partial charge in [-0.05, 0) is 62.4 Å². The van der Waals surface area contributed by atoms with Crippen LogP contribution < -0.4 is 9.47 Å². The molecule has 0 N–H and O–H groups in total. The molecule has 0 aliphatic carbocycles. The van der Waals surface area contributed by atoms with E-state index >= 15 is 0 Å². The highest BCUT2D eigenvalue weighted by molar-refractivity contribution is 5.96. The Morgan fingerprint density at radius 1 is 1.05 bits per heavy atom. The third-order valence-electron chi connectivity index (χ3n) is 7.71. The van der Waals surface area contributed by atoms with Gasteiger partial charge in [-0.1, -0.05) is 30.4 Å². The number of hydrogen-bond acceptors (Lipinski definition) is 5. The number of amides is 3. The van der Waals surface area contributed by atoms with Crippen LogP contribution >= 0.6 is 0 Å². The van der Waals surface area contributed by atoms with Crippen LogP contribution in [0.4, 0.5) is 0 Å². The van der Waals surface area contributed by atoms with Crippen molar-refractivity contribution in [3.05, 3.63) is 71.8 Å². The van der Waals surface area contributed by atoms with Crippen LogP contribution in [-0.4, -0.2) is 78.9 Å². The minimum absolute atomic E-state index is 0.0348. The van der Waals surface area contributed by atoms with Gasteiger partial charge in [-0.3, -0.25) is 14.4 Å². The summed E-state index contributed by atoms with van der Waals surface area (Å²) in [7, 11) is 1.58. The Balaban J connectivity index is 1.60. The van der Waals surface area contributed by atoms with Crippen LogP contribution in [0.2, 0.25) is 0 Å². The van der Waals surface area contributed by atoms with E-state index in [1.54, 1.807) is 36.3 Å². The van der Waals surface area contributed by atoms with Crippen LogP contribution in [0.15, 0.2) is 60.7 Å². The first-order valence-electron chi connectivity index (χ1n) is 13.8. The summed E-state index contributed by atoms with van der Waals surface area (Å²) in [6, 6.07) is 14.5. The Hall–Kier alpha value is -3.81. The van der Waals surface area contributed by atoms with Crippen LogP contribution in [0.25, 0.3) is 0 Å². The van der Waals surface area contributed by atoms with Crippen molar-refractivity contribution in [2.24, 2.45) is 11.8 Å². The van der Waals surface area contributed by atoms with Gasteiger partial charge >= 0.3 is 0 Å². The minimum atomic E-state index is -0.231. The third-order valence-corrected chi connectivity index (χ3v) is 7.71. The van der Waals surface area contributed by atoms with E-state index in [-0.39, 0.29) is 42.6 Å². The van der Waals surface area contributed by atoms with Gasteiger partial charge in [0.05, 0.1) is 13.7 Å². The predicted molar refractivity (Wildman–Crippen MR) is 150 cm³/mol. The molecule has 3 amide bonds. The van der Waals surface area contributed by atoms with Crippen molar-refractivity contribution >= 4 is 17.7 Å². The molecule has 2 aromatic carbocycles. The standard InChI is InChI=1S/C31H39N3O5/c1-4-32(5-2)29(35)19-24-16-17-33-20-25(24)10-8-18-39-28-11-7-6-9-26(28)21-34(22-30(33)36)31(37)23-12-14-27(38-3)15-13-23/h6-15,24-25H,4-5,16-22H2,1-3H3/b10-8-/t24-,25-/m0/s1. The topological polar surface area (TPSA) is 79.4 Å². The molecule has 2 heterocycles. The Bertz CT molecular complexity index is 1180. The first kappa shape index (κ1) is 28.2. The van der Waals surface area contributed by atoms with E-state index < -0.39 is 0 Å². The highest BCUT2D eigenvalue weighted by atomic mass is 16.5. The van der Waals surface area contributed by atoms with Gasteiger partial charge < -0.3 is 24.2 Å². The Morgan fingerprint density at radius 3 is 2.51 bits per heavy atom. The second kappa shape index (κ2) is 13.3. The van der Waals surface area contributed by atoms with E-state index in [4.69, 9.17) is 9.47 Å². The number of ether oxygens (including phenoxy) is 2. The van der Waals surface area contributed by atoms with Gasteiger partial charge in [0, 0.05) is 43.7 Å². The summed E-state index contributed by atoms with van der Waals surface area (Å²) < 4.78 is 11.3. The van der Waals surface area contributed by atoms with E-state index in [0.717, 1.165) is 12.0 Å². The van der Waals surface area contributed by atoms with E-state index in [1.165, 1.54) is 0 Å². The van der Waals surface area contributed by atoms with Gasteiger partial charge in [0.15, 0.2) is 0 Å². The number of hydrogen-bond donors (Lipinski definition) is 0. The second-order valence-corrected chi connectivity index (χ2v) is 10.1. The molecular formula is C31H39N3O5. The summed E-state index contributed by atoms with van der Waals surface area (Å²) in [6.45, 7) is 7.03. The molecule has 0 radical (unpaired) electrons. The lowest BCUT2D eigenvalue weighted by molar-refractivity contribution is -0.135. The summed E-state index contributed by atoms with van der Waals surface area (Å²) in [5.41, 5.74) is 1.32. The molecule has 4 rings (SSSR count). The maximum Gasteiger partial charge on any atom is 0.254 e. The second-order valence-electron chi connectivity index (χ2n) is 10.1. The fourth-order valence-electron chi connectivity index (χ4n) is 5.39. The fraction of sp³-hybridized carbons (Fsp3) is 0.452. The van der Waals surface area contributed by atoms with Crippen molar-refractivity contribution in [2.75, 3.05) is 46.4 Å². The van der Waals surface area contributed by atoms with Crippen molar-refractivity contribution in [3.8, 4) is 11.5 Å². The van der Waals surface area contributed by atoms with E-state index in [9.17, 15) is 14.4 Å². The molecular weight excluding hydrogens is 494 g/mol. The zero-order valence-corrected chi connectivity index (χ0v) is 23.2. The van der Waals surface area contributed by atoms with Gasteiger partial charge in [-0.25, -0.2) is 0 Å². The molecule has 1 saturated heterocycles. The Kier molecular flexibility index (Phi) is 9.63. The van der Waals surface area contributed by atoms with Gasteiger partial charge in [0.1, 0.15) is 24.7 Å². The largest absolute Gasteiger partial charge is 0.497 e. The number of benzene rings is 2. The molecule has 1 fully saturated rings. The molecule has 2 aliphatic rings. The highest BCUT2D eigenvalue weighted by Crippen LogP contribution is 2.30. The smallest absolute Gasteiger partial charge is 0.254 e. The molecule has 2 bridgehead atoms. The Morgan fingerprint density at radius 2 is 1.79 bits per heavy atom. The average Bonchev–Trinajstić information content (AvgIpc) is 2.97. The van der Waals surface area contributed by atoms with Crippen molar-refractivity contribution < 1.29 is 23.9 Å². The zero-order valence-electron chi connectivity index (χ0n) is 23.2. The number of carbonyl (C=O) groups is 3. The molecule has 39 heavy (non-hydrogen) atoms. The first-order chi connectivity index (χ1) is 18.9. The maximum atomic E-state index is 13.6. The van der Waals surface area contributed by atoms with Crippen molar-refractivity contribution in [3.63, 3.8) is 0 Å². The summed E-state index contributed by atoms with van der Waals surface area (Å²) in [5, 5.41) is 0. The molecule has 8 heteroatoms. The lowest BCUT2D eigenvalue weighted by atomic mass is 9.82. The highest BCUT2D eigenvalue weighted by Gasteiger charge is 2.33. The Labute approximate surface area is 231 Å². The lowest BCUT2D eigenvalue weighted by Gasteiger charge is -2.38.